The average Bonchev–Trinajstić information content (AvgIpc) is 2.47. The second kappa shape index (κ2) is 5.89. The molecule has 1 aromatic carbocycles. The number of benzene rings is 1. The van der Waals surface area contributed by atoms with Crippen molar-refractivity contribution >= 4 is 34.0 Å². The molecule has 1 amide bonds. The zero-order valence-electron chi connectivity index (χ0n) is 11.1. The van der Waals surface area contributed by atoms with E-state index in [9.17, 15) is 4.79 Å². The molecule has 1 N–H and O–H groups in total. The Morgan fingerprint density at radius 1 is 1.19 bits per heavy atom. The standard InChI is InChI=1S/C16H12ClN3O/c17-12-5-6-19-13(7-12)8-16(21)20-15-10-18-9-11-3-1-2-4-14(11)15/h1-7,9-10H,8H2,(H,20,21). The number of halogens is 1. The second-order valence-corrected chi connectivity index (χ2v) is 5.03. The fourth-order valence-corrected chi connectivity index (χ4v) is 2.30. The van der Waals surface area contributed by atoms with Crippen LogP contribution >= 0.6 is 11.6 Å². The summed E-state index contributed by atoms with van der Waals surface area (Å²) in [5.74, 6) is -0.150. The molecule has 0 aliphatic heterocycles. The molecule has 104 valence electrons. The van der Waals surface area contributed by atoms with E-state index in [1.165, 1.54) is 0 Å². The van der Waals surface area contributed by atoms with Gasteiger partial charge in [0, 0.05) is 28.2 Å². The van der Waals surface area contributed by atoms with Gasteiger partial charge in [-0.2, -0.15) is 0 Å². The van der Waals surface area contributed by atoms with Crippen molar-refractivity contribution in [2.24, 2.45) is 0 Å². The van der Waals surface area contributed by atoms with Crippen LogP contribution in [0.15, 0.2) is 55.0 Å². The molecule has 2 heterocycles. The molecule has 0 aliphatic carbocycles. The lowest BCUT2D eigenvalue weighted by atomic mass is 10.1. The first-order chi connectivity index (χ1) is 10.2. The van der Waals surface area contributed by atoms with Crippen LogP contribution < -0.4 is 5.32 Å². The van der Waals surface area contributed by atoms with E-state index in [2.05, 4.69) is 15.3 Å². The van der Waals surface area contributed by atoms with E-state index in [1.807, 2.05) is 24.3 Å². The SMILES string of the molecule is O=C(Cc1cc(Cl)ccn1)Nc1cncc2ccccc12. The number of carbonyl (C=O) groups is 1. The molecule has 0 fully saturated rings. The minimum absolute atomic E-state index is 0.150. The van der Waals surface area contributed by atoms with Crippen molar-refractivity contribution in [2.75, 3.05) is 5.32 Å². The van der Waals surface area contributed by atoms with Crippen molar-refractivity contribution < 1.29 is 4.79 Å². The lowest BCUT2D eigenvalue weighted by Crippen LogP contribution is -2.15. The topological polar surface area (TPSA) is 54.9 Å². The van der Waals surface area contributed by atoms with Gasteiger partial charge >= 0.3 is 0 Å². The highest BCUT2D eigenvalue weighted by molar-refractivity contribution is 6.30. The normalized spacial score (nSPS) is 10.5. The number of nitrogens with zero attached hydrogens (tertiary/aromatic N) is 2. The Labute approximate surface area is 126 Å². The third-order valence-corrected chi connectivity index (χ3v) is 3.30. The van der Waals surface area contributed by atoms with Crippen molar-refractivity contribution in [2.45, 2.75) is 6.42 Å². The van der Waals surface area contributed by atoms with Gasteiger partial charge < -0.3 is 5.32 Å². The minimum atomic E-state index is -0.150. The highest BCUT2D eigenvalue weighted by Crippen LogP contribution is 2.21. The Bertz CT molecular complexity index is 799. The first-order valence-electron chi connectivity index (χ1n) is 6.45. The van der Waals surface area contributed by atoms with E-state index in [4.69, 9.17) is 11.6 Å². The van der Waals surface area contributed by atoms with Crippen LogP contribution in [0.25, 0.3) is 10.8 Å². The fraction of sp³-hybridized carbons (Fsp3) is 0.0625. The number of anilines is 1. The quantitative estimate of drug-likeness (QED) is 0.805. The maximum absolute atomic E-state index is 12.1. The van der Waals surface area contributed by atoms with E-state index in [1.54, 1.807) is 30.7 Å². The number of carbonyl (C=O) groups excluding carboxylic acids is 1. The van der Waals surface area contributed by atoms with E-state index in [0.29, 0.717) is 16.4 Å². The third-order valence-electron chi connectivity index (χ3n) is 3.06. The lowest BCUT2D eigenvalue weighted by molar-refractivity contribution is -0.115. The average molecular weight is 298 g/mol. The highest BCUT2D eigenvalue weighted by Gasteiger charge is 2.08. The number of hydrogen-bond acceptors (Lipinski definition) is 3. The first-order valence-corrected chi connectivity index (χ1v) is 6.83. The predicted octanol–water partition coefficient (Wildman–Crippen LogP) is 3.46. The molecular weight excluding hydrogens is 286 g/mol. The molecule has 2 aromatic heterocycles. The molecule has 3 aromatic rings. The van der Waals surface area contributed by atoms with Crippen LogP contribution in [0, 0.1) is 0 Å². The Morgan fingerprint density at radius 3 is 2.90 bits per heavy atom. The maximum Gasteiger partial charge on any atom is 0.230 e. The molecule has 21 heavy (non-hydrogen) atoms. The maximum atomic E-state index is 12.1. The van der Waals surface area contributed by atoms with Crippen LogP contribution in [-0.4, -0.2) is 15.9 Å². The molecule has 0 unspecified atom stereocenters. The lowest BCUT2D eigenvalue weighted by Gasteiger charge is -2.08. The van der Waals surface area contributed by atoms with Crippen LogP contribution in [0.5, 0.6) is 0 Å². The van der Waals surface area contributed by atoms with Crippen LogP contribution in [0.3, 0.4) is 0 Å². The van der Waals surface area contributed by atoms with E-state index >= 15 is 0 Å². The summed E-state index contributed by atoms with van der Waals surface area (Å²) in [5, 5.41) is 5.38. The summed E-state index contributed by atoms with van der Waals surface area (Å²) in [5.41, 5.74) is 1.33. The summed E-state index contributed by atoms with van der Waals surface area (Å²) in [6.07, 6.45) is 5.17. The van der Waals surface area contributed by atoms with Crippen LogP contribution in [0.1, 0.15) is 5.69 Å². The molecule has 0 radical (unpaired) electrons. The monoisotopic (exact) mass is 297 g/mol. The summed E-state index contributed by atoms with van der Waals surface area (Å²) in [6, 6.07) is 11.1. The number of rotatable bonds is 3. The number of pyridine rings is 2. The zero-order chi connectivity index (χ0) is 14.7. The van der Waals surface area contributed by atoms with Gasteiger partial charge in [-0.1, -0.05) is 35.9 Å². The first kappa shape index (κ1) is 13.5. The van der Waals surface area contributed by atoms with Crippen molar-refractivity contribution in [3.63, 3.8) is 0 Å². The van der Waals surface area contributed by atoms with Crippen LogP contribution in [0.4, 0.5) is 5.69 Å². The van der Waals surface area contributed by atoms with Crippen molar-refractivity contribution in [1.29, 1.82) is 0 Å². The van der Waals surface area contributed by atoms with E-state index in [-0.39, 0.29) is 12.3 Å². The van der Waals surface area contributed by atoms with Gasteiger partial charge in [-0.3, -0.25) is 14.8 Å². The summed E-state index contributed by atoms with van der Waals surface area (Å²) < 4.78 is 0. The predicted molar refractivity (Wildman–Crippen MR) is 83.3 cm³/mol. The van der Waals surface area contributed by atoms with Crippen LogP contribution in [-0.2, 0) is 11.2 Å². The van der Waals surface area contributed by atoms with Gasteiger partial charge in [-0.15, -0.1) is 0 Å². The Hall–Kier alpha value is -2.46. The van der Waals surface area contributed by atoms with Gasteiger partial charge in [-0.05, 0) is 12.1 Å². The molecule has 4 nitrogen and oxygen atoms in total. The Balaban J connectivity index is 1.80. The second-order valence-electron chi connectivity index (χ2n) is 4.60. The summed E-state index contributed by atoms with van der Waals surface area (Å²) in [7, 11) is 0. The van der Waals surface area contributed by atoms with Crippen LogP contribution in [0.2, 0.25) is 5.02 Å². The van der Waals surface area contributed by atoms with Crippen molar-refractivity contribution in [1.82, 2.24) is 9.97 Å². The Morgan fingerprint density at radius 2 is 2.05 bits per heavy atom. The number of hydrogen-bond donors (Lipinski definition) is 1. The van der Waals surface area contributed by atoms with Gasteiger partial charge in [0.2, 0.25) is 5.91 Å². The molecule has 0 saturated carbocycles. The highest BCUT2D eigenvalue weighted by atomic mass is 35.5. The molecule has 0 aliphatic rings. The molecule has 5 heteroatoms. The van der Waals surface area contributed by atoms with Gasteiger partial charge in [-0.25, -0.2) is 0 Å². The summed E-state index contributed by atoms with van der Waals surface area (Å²) in [6.45, 7) is 0. The Kier molecular flexibility index (Phi) is 3.79. The molecular formula is C16H12ClN3O. The van der Waals surface area contributed by atoms with Gasteiger partial charge in [0.1, 0.15) is 0 Å². The molecule has 0 spiro atoms. The number of aromatic nitrogens is 2. The summed E-state index contributed by atoms with van der Waals surface area (Å²) >= 11 is 5.88. The molecule has 0 saturated heterocycles. The van der Waals surface area contributed by atoms with Crippen molar-refractivity contribution in [3.05, 3.63) is 65.7 Å². The fourth-order valence-electron chi connectivity index (χ4n) is 2.12. The molecule has 0 atom stereocenters. The minimum Gasteiger partial charge on any atom is -0.324 e. The number of fused-ring (bicyclic) bond motifs is 1. The van der Waals surface area contributed by atoms with Gasteiger partial charge in [0.25, 0.3) is 0 Å². The van der Waals surface area contributed by atoms with E-state index in [0.717, 1.165) is 10.8 Å². The largest absolute Gasteiger partial charge is 0.324 e. The van der Waals surface area contributed by atoms with Gasteiger partial charge in [0.05, 0.1) is 24.0 Å². The number of amides is 1. The van der Waals surface area contributed by atoms with Gasteiger partial charge in [0.15, 0.2) is 0 Å². The summed E-state index contributed by atoms with van der Waals surface area (Å²) in [4.78, 5) is 20.4. The third kappa shape index (κ3) is 3.17. The van der Waals surface area contributed by atoms with E-state index < -0.39 is 0 Å². The molecule has 0 bridgehead atoms. The zero-order valence-corrected chi connectivity index (χ0v) is 11.8. The van der Waals surface area contributed by atoms with Crippen molar-refractivity contribution in [3.8, 4) is 0 Å². The smallest absolute Gasteiger partial charge is 0.230 e. The number of nitrogens with one attached hydrogen (secondary N) is 1. The molecule has 3 rings (SSSR count).